The predicted molar refractivity (Wildman–Crippen MR) is 230 cm³/mol. The topological polar surface area (TPSA) is 280 Å². The molecule has 0 radical (unpaired) electrons. The highest BCUT2D eigenvalue weighted by atomic mass is 16.5. The second-order valence-electron chi connectivity index (χ2n) is 15.3. The molecule has 0 atom stereocenters. The average Bonchev–Trinajstić information content (AvgIpc) is 3.27. The highest BCUT2D eigenvalue weighted by molar-refractivity contribution is 5.92. The number of carbonyl (C=O) groups excluding carboxylic acids is 4. The van der Waals surface area contributed by atoms with Crippen LogP contribution in [0, 0.1) is 0 Å². The molecule has 4 aromatic carbocycles. The highest BCUT2D eigenvalue weighted by Crippen LogP contribution is 2.35. The Morgan fingerprint density at radius 2 is 0.569 bits per heavy atom. The molecule has 0 amide bonds. The van der Waals surface area contributed by atoms with Gasteiger partial charge >= 0.3 is 23.9 Å². The van der Waals surface area contributed by atoms with Gasteiger partial charge in [-0.05, 0) is 55.5 Å². The summed E-state index contributed by atoms with van der Waals surface area (Å²) >= 11 is 0. The third kappa shape index (κ3) is 12.4. The van der Waals surface area contributed by atoms with Gasteiger partial charge < -0.3 is 59.8 Å². The molecule has 350 valence electrons. The van der Waals surface area contributed by atoms with Crippen LogP contribution in [0.2, 0.25) is 0 Å². The smallest absolute Gasteiger partial charge is 0.338 e. The molecule has 1 aliphatic heterocycles. The fourth-order valence-electron chi connectivity index (χ4n) is 7.36. The lowest BCUT2D eigenvalue weighted by Gasteiger charge is -2.35. The van der Waals surface area contributed by atoms with Crippen molar-refractivity contribution in [2.75, 3.05) is 80.3 Å². The summed E-state index contributed by atoms with van der Waals surface area (Å²) in [5, 5.41) is 88.4. The lowest BCUT2D eigenvalue weighted by atomic mass is 10.1. The number of esters is 4. The first-order valence-electron chi connectivity index (χ1n) is 20.5. The quantitative estimate of drug-likeness (QED) is 0.0706. The first-order chi connectivity index (χ1) is 31.0. The van der Waals surface area contributed by atoms with Crippen molar-refractivity contribution >= 4 is 23.9 Å². The molecule has 20 nitrogen and oxygen atoms in total. The largest absolute Gasteiger partial charge is 0.507 e. The van der Waals surface area contributed by atoms with Crippen molar-refractivity contribution in [3.8, 4) is 46.0 Å². The van der Waals surface area contributed by atoms with Crippen molar-refractivity contribution in [2.24, 2.45) is 0 Å². The number of methoxy groups -OCH3 is 3. The molecule has 8 N–H and O–H groups in total. The van der Waals surface area contributed by atoms with Crippen LogP contribution in [0.25, 0.3) is 0 Å². The molecule has 0 bridgehead atoms. The van der Waals surface area contributed by atoms with Gasteiger partial charge in [0.1, 0.15) is 46.0 Å². The van der Waals surface area contributed by atoms with E-state index in [0.29, 0.717) is 0 Å². The molecule has 1 fully saturated rings. The summed E-state index contributed by atoms with van der Waals surface area (Å²) in [6.45, 7) is 3.39. The number of ether oxygens (including phenoxy) is 4. The molecule has 0 aromatic heterocycles. The Morgan fingerprint density at radius 3 is 0.738 bits per heavy atom. The molecule has 1 aliphatic rings. The summed E-state index contributed by atoms with van der Waals surface area (Å²) in [6.07, 6.45) is 0. The van der Waals surface area contributed by atoms with Gasteiger partial charge in [-0.3, -0.25) is 19.6 Å². The SMILES string of the molecule is CCOC(=O)c1cc(O)c(CN2CCN(Cc3c(O)cc(C(=O)OC)cc3O)CCN(Cc3c(O)cc(C(=O)OC)cc3O)CCN(Cc3c(O)cc(C(=O)OC)cc3O)CC2)c(O)c1. The van der Waals surface area contributed by atoms with E-state index in [1.165, 1.54) is 48.5 Å². The minimum atomic E-state index is -0.773. The third-order valence-electron chi connectivity index (χ3n) is 11.0. The van der Waals surface area contributed by atoms with Crippen LogP contribution in [0.4, 0.5) is 0 Å². The second kappa shape index (κ2) is 22.1. The van der Waals surface area contributed by atoms with Gasteiger partial charge in [0.2, 0.25) is 0 Å². The average molecular weight is 907 g/mol. The Labute approximate surface area is 374 Å². The predicted octanol–water partition coefficient (Wildman–Crippen LogP) is 3.19. The van der Waals surface area contributed by atoms with Gasteiger partial charge in [0.05, 0.1) is 50.2 Å². The Bertz CT molecular complexity index is 2210. The maximum atomic E-state index is 12.4. The number of nitrogens with zero attached hydrogens (tertiary/aromatic N) is 4. The maximum Gasteiger partial charge on any atom is 0.338 e. The van der Waals surface area contributed by atoms with Crippen LogP contribution in [0.3, 0.4) is 0 Å². The Morgan fingerprint density at radius 1 is 0.385 bits per heavy atom. The Hall–Kier alpha value is -7.00. The molecule has 65 heavy (non-hydrogen) atoms. The fraction of sp³-hybridized carbons (Fsp3) is 0.378. The molecule has 0 unspecified atom stereocenters. The summed E-state index contributed by atoms with van der Waals surface area (Å²) in [5.74, 6) is -6.02. The number of aromatic hydroxyl groups is 8. The lowest BCUT2D eigenvalue weighted by Crippen LogP contribution is -2.45. The van der Waals surface area contributed by atoms with Gasteiger partial charge in [0.25, 0.3) is 0 Å². The third-order valence-corrected chi connectivity index (χ3v) is 11.0. The molecule has 4 aromatic rings. The molecule has 20 heteroatoms. The molecule has 0 spiro atoms. The Balaban J connectivity index is 1.54. The van der Waals surface area contributed by atoms with Crippen LogP contribution in [-0.2, 0) is 45.1 Å². The van der Waals surface area contributed by atoms with Gasteiger partial charge in [0, 0.05) is 101 Å². The van der Waals surface area contributed by atoms with Gasteiger partial charge in [-0.1, -0.05) is 0 Å². The van der Waals surface area contributed by atoms with E-state index in [1.807, 2.05) is 19.6 Å². The zero-order valence-electron chi connectivity index (χ0n) is 36.4. The van der Waals surface area contributed by atoms with Crippen LogP contribution < -0.4 is 0 Å². The van der Waals surface area contributed by atoms with Crippen LogP contribution in [0.15, 0.2) is 48.5 Å². The van der Waals surface area contributed by atoms with Gasteiger partial charge in [-0.2, -0.15) is 0 Å². The van der Waals surface area contributed by atoms with Crippen molar-refractivity contribution in [1.29, 1.82) is 0 Å². The number of rotatable bonds is 13. The molecular weight excluding hydrogens is 853 g/mol. The number of phenols is 8. The monoisotopic (exact) mass is 906 g/mol. The number of benzene rings is 4. The normalized spacial score (nSPS) is 14.8. The second-order valence-corrected chi connectivity index (χ2v) is 15.3. The number of hydrogen-bond acceptors (Lipinski definition) is 20. The van der Waals surface area contributed by atoms with E-state index >= 15 is 0 Å². The molecule has 0 aliphatic carbocycles. The zero-order valence-corrected chi connectivity index (χ0v) is 36.4. The van der Waals surface area contributed by atoms with E-state index < -0.39 is 23.9 Å². The highest BCUT2D eigenvalue weighted by Gasteiger charge is 2.26. The van der Waals surface area contributed by atoms with Crippen molar-refractivity contribution in [1.82, 2.24) is 19.6 Å². The molecular formula is C45H54N4O16. The minimum absolute atomic E-state index is 0.0383. The van der Waals surface area contributed by atoms with Crippen molar-refractivity contribution in [2.45, 2.75) is 33.1 Å². The van der Waals surface area contributed by atoms with E-state index in [4.69, 9.17) is 18.9 Å². The summed E-state index contributed by atoms with van der Waals surface area (Å²) < 4.78 is 19.3. The Kier molecular flexibility index (Phi) is 16.6. The van der Waals surface area contributed by atoms with E-state index in [1.54, 1.807) is 6.92 Å². The summed E-state index contributed by atoms with van der Waals surface area (Å²) in [5.41, 5.74) is 0.131. The molecule has 1 heterocycles. The zero-order chi connectivity index (χ0) is 47.5. The summed E-state index contributed by atoms with van der Waals surface area (Å²) in [7, 11) is 3.49. The number of phenolic OH excluding ortho intramolecular Hbond substituents is 8. The maximum absolute atomic E-state index is 12.4. The number of carbonyl (C=O) groups is 4. The van der Waals surface area contributed by atoms with E-state index in [0.717, 1.165) is 21.3 Å². The van der Waals surface area contributed by atoms with Crippen LogP contribution in [-0.4, -0.2) is 165 Å². The van der Waals surface area contributed by atoms with Crippen LogP contribution >= 0.6 is 0 Å². The minimum Gasteiger partial charge on any atom is -0.507 e. The van der Waals surface area contributed by atoms with E-state index in [9.17, 15) is 60.0 Å². The van der Waals surface area contributed by atoms with Crippen LogP contribution in [0.1, 0.15) is 70.6 Å². The molecule has 5 rings (SSSR count). The summed E-state index contributed by atoms with van der Waals surface area (Å²) in [6, 6.07) is 9.47. The van der Waals surface area contributed by atoms with Crippen molar-refractivity contribution in [3.63, 3.8) is 0 Å². The summed E-state index contributed by atoms with van der Waals surface area (Å²) in [4.78, 5) is 56.7. The fourth-order valence-corrected chi connectivity index (χ4v) is 7.36. The molecule has 0 saturated carbocycles. The van der Waals surface area contributed by atoms with Gasteiger partial charge in [-0.15, -0.1) is 0 Å². The lowest BCUT2D eigenvalue weighted by molar-refractivity contribution is 0.0522. The van der Waals surface area contributed by atoms with Gasteiger partial charge in [0.15, 0.2) is 0 Å². The van der Waals surface area contributed by atoms with Crippen LogP contribution in [0.5, 0.6) is 46.0 Å². The van der Waals surface area contributed by atoms with Crippen molar-refractivity contribution in [3.05, 3.63) is 93.0 Å². The molecule has 1 saturated heterocycles. The van der Waals surface area contributed by atoms with Gasteiger partial charge in [-0.25, -0.2) is 19.2 Å². The number of hydrogen-bond donors (Lipinski definition) is 8. The standard InChI is InChI=1S/C45H54N4O16/c1-5-65-45(61)29-20-40(56)33(41(57)21-29)25-49-12-10-47(23-31-36(52)16-27(17-37(31)53)43(59)63-3)8-6-46(22-30-34(50)14-26(15-35(30)51)42(58)62-2)7-9-48(11-13-49)24-32-38(54)18-28(19-39(32)55)44(60)64-4/h14-21,50-57H,5-13,22-25H2,1-4H3. The first kappa shape index (κ1) is 49.0. The van der Waals surface area contributed by atoms with E-state index in [2.05, 4.69) is 0 Å². The van der Waals surface area contributed by atoms with Crippen molar-refractivity contribution < 1.29 is 79.0 Å². The van der Waals surface area contributed by atoms with E-state index in [-0.39, 0.29) is 176 Å². The first-order valence-corrected chi connectivity index (χ1v) is 20.5.